The first-order valence-electron chi connectivity index (χ1n) is 5.43. The number of aryl methyl sites for hydroxylation is 2. The van der Waals surface area contributed by atoms with Gasteiger partial charge in [0.25, 0.3) is 0 Å². The average molecular weight is 207 g/mol. The van der Waals surface area contributed by atoms with E-state index in [1.165, 1.54) is 16.7 Å². The lowest BCUT2D eigenvalue weighted by Gasteiger charge is -2.12. The van der Waals surface area contributed by atoms with Crippen molar-refractivity contribution in [2.45, 2.75) is 33.4 Å². The Morgan fingerprint density at radius 2 is 2.07 bits per heavy atom. The maximum atomic E-state index is 5.18. The van der Waals surface area contributed by atoms with Gasteiger partial charge in [-0.1, -0.05) is 23.8 Å². The fourth-order valence-corrected chi connectivity index (χ4v) is 1.48. The van der Waals surface area contributed by atoms with Crippen molar-refractivity contribution in [3.05, 3.63) is 34.9 Å². The van der Waals surface area contributed by atoms with Gasteiger partial charge in [-0.2, -0.15) is 0 Å². The van der Waals surface area contributed by atoms with Crippen molar-refractivity contribution in [1.29, 1.82) is 0 Å². The normalized spacial score (nSPS) is 12.8. The van der Waals surface area contributed by atoms with E-state index in [4.69, 9.17) is 4.74 Å². The summed E-state index contributed by atoms with van der Waals surface area (Å²) in [7, 11) is 1.74. The molecule has 1 unspecified atom stereocenters. The van der Waals surface area contributed by atoms with E-state index in [2.05, 4.69) is 44.3 Å². The highest BCUT2D eigenvalue weighted by Gasteiger charge is 2.01. The highest BCUT2D eigenvalue weighted by atomic mass is 16.5. The highest BCUT2D eigenvalue weighted by Crippen LogP contribution is 2.10. The van der Waals surface area contributed by atoms with E-state index in [1.807, 2.05) is 0 Å². The number of rotatable bonds is 5. The molecule has 0 aliphatic rings. The monoisotopic (exact) mass is 207 g/mol. The molecule has 0 saturated carbocycles. The SMILES string of the molecule is COC(C)CNCc1cc(C)ccc1C. The molecule has 1 aromatic rings. The Bertz CT molecular complexity index is 309. The number of benzene rings is 1. The zero-order valence-corrected chi connectivity index (χ0v) is 10.1. The molecule has 15 heavy (non-hydrogen) atoms. The van der Waals surface area contributed by atoms with E-state index in [-0.39, 0.29) is 6.10 Å². The second-order valence-corrected chi connectivity index (χ2v) is 4.11. The van der Waals surface area contributed by atoms with Gasteiger partial charge in [-0.15, -0.1) is 0 Å². The lowest BCUT2D eigenvalue weighted by atomic mass is 10.1. The third kappa shape index (κ3) is 4.02. The van der Waals surface area contributed by atoms with E-state index >= 15 is 0 Å². The molecule has 1 atom stereocenters. The Kier molecular flexibility index (Phi) is 4.79. The molecule has 1 aromatic carbocycles. The van der Waals surface area contributed by atoms with E-state index in [0.29, 0.717) is 0 Å². The van der Waals surface area contributed by atoms with Gasteiger partial charge < -0.3 is 10.1 Å². The van der Waals surface area contributed by atoms with Gasteiger partial charge in [-0.05, 0) is 31.9 Å². The molecule has 1 rings (SSSR count). The molecule has 84 valence electrons. The minimum atomic E-state index is 0.273. The van der Waals surface area contributed by atoms with Crippen molar-refractivity contribution in [3.63, 3.8) is 0 Å². The fraction of sp³-hybridized carbons (Fsp3) is 0.538. The van der Waals surface area contributed by atoms with Gasteiger partial charge in [0.15, 0.2) is 0 Å². The minimum absolute atomic E-state index is 0.273. The average Bonchev–Trinajstić information content (AvgIpc) is 2.23. The lowest BCUT2D eigenvalue weighted by Crippen LogP contribution is -2.25. The van der Waals surface area contributed by atoms with Gasteiger partial charge in [-0.3, -0.25) is 0 Å². The summed E-state index contributed by atoms with van der Waals surface area (Å²) in [5.41, 5.74) is 4.04. The number of hydrogen-bond acceptors (Lipinski definition) is 2. The number of hydrogen-bond donors (Lipinski definition) is 1. The van der Waals surface area contributed by atoms with E-state index < -0.39 is 0 Å². The third-order valence-electron chi connectivity index (χ3n) is 2.65. The Balaban J connectivity index is 2.46. The molecule has 0 fully saturated rings. The third-order valence-corrected chi connectivity index (χ3v) is 2.65. The van der Waals surface area contributed by atoms with Crippen LogP contribution in [0.25, 0.3) is 0 Å². The van der Waals surface area contributed by atoms with Gasteiger partial charge in [0.2, 0.25) is 0 Å². The molecule has 1 N–H and O–H groups in total. The Hall–Kier alpha value is -0.860. The van der Waals surface area contributed by atoms with Crippen LogP contribution in [-0.4, -0.2) is 19.8 Å². The topological polar surface area (TPSA) is 21.3 Å². The quantitative estimate of drug-likeness (QED) is 0.800. The zero-order chi connectivity index (χ0) is 11.3. The Labute approximate surface area is 92.6 Å². The summed E-state index contributed by atoms with van der Waals surface area (Å²) in [5, 5.41) is 3.40. The second-order valence-electron chi connectivity index (χ2n) is 4.11. The summed E-state index contributed by atoms with van der Waals surface area (Å²) in [6.07, 6.45) is 0.273. The Morgan fingerprint density at radius 3 is 2.73 bits per heavy atom. The first-order valence-corrected chi connectivity index (χ1v) is 5.43. The zero-order valence-electron chi connectivity index (χ0n) is 10.1. The second kappa shape index (κ2) is 5.89. The molecule has 0 aliphatic heterocycles. The Morgan fingerprint density at radius 1 is 1.33 bits per heavy atom. The summed E-state index contributed by atoms with van der Waals surface area (Å²) >= 11 is 0. The summed E-state index contributed by atoms with van der Waals surface area (Å²) in [5.74, 6) is 0. The van der Waals surface area contributed by atoms with Crippen molar-refractivity contribution >= 4 is 0 Å². The molecule has 0 radical (unpaired) electrons. The van der Waals surface area contributed by atoms with Crippen molar-refractivity contribution in [2.75, 3.05) is 13.7 Å². The predicted molar refractivity (Wildman–Crippen MR) is 64.1 cm³/mol. The minimum Gasteiger partial charge on any atom is -0.380 e. The molecular formula is C13H21NO. The number of methoxy groups -OCH3 is 1. The fourth-order valence-electron chi connectivity index (χ4n) is 1.48. The van der Waals surface area contributed by atoms with Gasteiger partial charge >= 0.3 is 0 Å². The molecule has 2 heteroatoms. The van der Waals surface area contributed by atoms with E-state index in [0.717, 1.165) is 13.1 Å². The lowest BCUT2D eigenvalue weighted by molar-refractivity contribution is 0.117. The van der Waals surface area contributed by atoms with Crippen LogP contribution in [0.15, 0.2) is 18.2 Å². The molecule has 0 bridgehead atoms. The van der Waals surface area contributed by atoms with Crippen molar-refractivity contribution in [1.82, 2.24) is 5.32 Å². The maximum Gasteiger partial charge on any atom is 0.0667 e. The maximum absolute atomic E-state index is 5.18. The summed E-state index contributed by atoms with van der Waals surface area (Å²) < 4.78 is 5.18. The van der Waals surface area contributed by atoms with Crippen LogP contribution < -0.4 is 5.32 Å². The first-order chi connectivity index (χ1) is 7.13. The molecule has 2 nitrogen and oxygen atoms in total. The van der Waals surface area contributed by atoms with Gasteiger partial charge in [-0.25, -0.2) is 0 Å². The molecule has 0 aliphatic carbocycles. The van der Waals surface area contributed by atoms with Crippen molar-refractivity contribution in [2.24, 2.45) is 0 Å². The van der Waals surface area contributed by atoms with Crippen LogP contribution in [-0.2, 0) is 11.3 Å². The largest absolute Gasteiger partial charge is 0.380 e. The molecule has 0 aromatic heterocycles. The van der Waals surface area contributed by atoms with Crippen LogP contribution in [0.3, 0.4) is 0 Å². The van der Waals surface area contributed by atoms with Crippen LogP contribution in [0.2, 0.25) is 0 Å². The first kappa shape index (κ1) is 12.2. The van der Waals surface area contributed by atoms with Gasteiger partial charge in [0.1, 0.15) is 0 Å². The molecule has 0 amide bonds. The van der Waals surface area contributed by atoms with Crippen LogP contribution in [0.4, 0.5) is 0 Å². The number of nitrogens with one attached hydrogen (secondary N) is 1. The van der Waals surface area contributed by atoms with Crippen LogP contribution in [0.5, 0.6) is 0 Å². The standard InChI is InChI=1S/C13H21NO/c1-10-5-6-11(2)13(7-10)9-14-8-12(3)15-4/h5-7,12,14H,8-9H2,1-4H3. The van der Waals surface area contributed by atoms with Gasteiger partial charge in [0, 0.05) is 20.2 Å². The summed E-state index contributed by atoms with van der Waals surface area (Å²) in [4.78, 5) is 0. The smallest absolute Gasteiger partial charge is 0.0667 e. The molecule has 0 saturated heterocycles. The molecule has 0 heterocycles. The van der Waals surface area contributed by atoms with Crippen LogP contribution in [0, 0.1) is 13.8 Å². The van der Waals surface area contributed by atoms with Crippen LogP contribution in [0.1, 0.15) is 23.6 Å². The van der Waals surface area contributed by atoms with E-state index in [1.54, 1.807) is 7.11 Å². The summed E-state index contributed by atoms with van der Waals surface area (Å²) in [6, 6.07) is 6.56. The molecular weight excluding hydrogens is 186 g/mol. The van der Waals surface area contributed by atoms with Crippen molar-refractivity contribution < 1.29 is 4.74 Å². The van der Waals surface area contributed by atoms with Crippen LogP contribution >= 0.6 is 0 Å². The predicted octanol–water partition coefficient (Wildman–Crippen LogP) is 2.43. The molecule has 0 spiro atoms. The van der Waals surface area contributed by atoms with Crippen molar-refractivity contribution in [3.8, 4) is 0 Å². The number of ether oxygens (including phenoxy) is 1. The highest BCUT2D eigenvalue weighted by molar-refractivity contribution is 5.30. The summed E-state index contributed by atoms with van der Waals surface area (Å²) in [6.45, 7) is 8.15. The van der Waals surface area contributed by atoms with Gasteiger partial charge in [0.05, 0.1) is 6.10 Å². The van der Waals surface area contributed by atoms with E-state index in [9.17, 15) is 0 Å².